The van der Waals surface area contributed by atoms with Gasteiger partial charge < -0.3 is 4.90 Å². The Morgan fingerprint density at radius 1 is 1.05 bits per heavy atom. The van der Waals surface area contributed by atoms with Crippen LogP contribution in [0, 0.1) is 5.92 Å². The van der Waals surface area contributed by atoms with Crippen molar-refractivity contribution in [2.45, 2.75) is 67.3 Å². The number of rotatable bonds is 7. The van der Waals surface area contributed by atoms with Gasteiger partial charge in [-0.05, 0) is 47.5 Å². The lowest BCUT2D eigenvalue weighted by Crippen LogP contribution is -2.39. The van der Waals surface area contributed by atoms with Crippen LogP contribution in [-0.4, -0.2) is 23.4 Å². The maximum absolute atomic E-state index is 12.1. The van der Waals surface area contributed by atoms with Crippen LogP contribution in [0.25, 0.3) is 0 Å². The summed E-state index contributed by atoms with van der Waals surface area (Å²) in [4.78, 5) is 14.0. The summed E-state index contributed by atoms with van der Waals surface area (Å²) in [5.41, 5.74) is 2.73. The third-order valence-electron chi connectivity index (χ3n) is 3.13. The third kappa shape index (κ3) is 7.86. The Hall–Kier alpha value is -1.05. The van der Waals surface area contributed by atoms with E-state index >= 15 is 0 Å². The molecule has 0 fully saturated rings. The van der Waals surface area contributed by atoms with Gasteiger partial charge in [0.2, 0.25) is 5.91 Å². The van der Waals surface area contributed by atoms with Gasteiger partial charge in [0, 0.05) is 18.5 Å². The number of hydrogen-bond donors (Lipinski definition) is 0. The van der Waals surface area contributed by atoms with E-state index in [1.165, 1.54) is 11.1 Å². The number of carbonyl (C=O) groups is 1. The molecule has 0 unspecified atom stereocenters. The van der Waals surface area contributed by atoms with Gasteiger partial charge in [-0.2, -0.15) is 0 Å². The molecule has 0 aliphatic carbocycles. The molecule has 0 saturated heterocycles. The van der Waals surface area contributed by atoms with Crippen molar-refractivity contribution in [1.29, 1.82) is 0 Å². The van der Waals surface area contributed by atoms with Crippen molar-refractivity contribution >= 4 is 5.91 Å². The molecule has 0 rings (SSSR count). The maximum atomic E-state index is 12.1. The van der Waals surface area contributed by atoms with Crippen LogP contribution in [0.1, 0.15) is 61.3 Å². The first-order valence-electron chi connectivity index (χ1n) is 7.35. The molecule has 0 bridgehead atoms. The summed E-state index contributed by atoms with van der Waals surface area (Å²) in [6.07, 6.45) is 6.62. The number of amides is 1. The fourth-order valence-corrected chi connectivity index (χ4v) is 1.83. The average molecular weight is 265 g/mol. The van der Waals surface area contributed by atoms with Gasteiger partial charge in [0.1, 0.15) is 0 Å². The zero-order chi connectivity index (χ0) is 15.0. The molecule has 2 nitrogen and oxygen atoms in total. The Labute approximate surface area is 119 Å². The SMILES string of the molecule is CC(C)=CCC/C(C)=C/CN(C(=O)C(C)C)C(C)C. The molecule has 0 aromatic heterocycles. The molecule has 2 heteroatoms. The van der Waals surface area contributed by atoms with Gasteiger partial charge in [-0.15, -0.1) is 0 Å². The summed E-state index contributed by atoms with van der Waals surface area (Å²) in [7, 11) is 0. The molecule has 1 amide bonds. The molecular formula is C17H31NO. The van der Waals surface area contributed by atoms with Crippen molar-refractivity contribution in [3.05, 3.63) is 23.3 Å². The van der Waals surface area contributed by atoms with Crippen molar-refractivity contribution in [3.8, 4) is 0 Å². The van der Waals surface area contributed by atoms with Crippen molar-refractivity contribution in [2.75, 3.05) is 6.54 Å². The van der Waals surface area contributed by atoms with E-state index in [9.17, 15) is 4.79 Å². The van der Waals surface area contributed by atoms with Crippen molar-refractivity contribution in [1.82, 2.24) is 4.90 Å². The van der Waals surface area contributed by atoms with Crippen LogP contribution >= 0.6 is 0 Å². The summed E-state index contributed by atoms with van der Waals surface area (Å²) in [6, 6.07) is 0.261. The third-order valence-corrected chi connectivity index (χ3v) is 3.13. The van der Waals surface area contributed by atoms with E-state index in [2.05, 4.69) is 46.8 Å². The highest BCUT2D eigenvalue weighted by Crippen LogP contribution is 2.10. The number of carbonyl (C=O) groups excluding carboxylic acids is 1. The minimum atomic E-state index is 0.0711. The predicted molar refractivity (Wildman–Crippen MR) is 84.1 cm³/mol. The highest BCUT2D eigenvalue weighted by atomic mass is 16.2. The second kappa shape index (κ2) is 8.95. The minimum absolute atomic E-state index is 0.0711. The van der Waals surface area contributed by atoms with Gasteiger partial charge in [-0.3, -0.25) is 4.79 Å². The Balaban J connectivity index is 4.45. The number of nitrogens with zero attached hydrogens (tertiary/aromatic N) is 1. The van der Waals surface area contributed by atoms with Crippen LogP contribution in [0.2, 0.25) is 0 Å². The molecule has 0 heterocycles. The van der Waals surface area contributed by atoms with E-state index in [-0.39, 0.29) is 17.9 Å². The van der Waals surface area contributed by atoms with E-state index in [0.29, 0.717) is 0 Å². The number of hydrogen-bond acceptors (Lipinski definition) is 1. The smallest absolute Gasteiger partial charge is 0.225 e. The van der Waals surface area contributed by atoms with Crippen molar-refractivity contribution < 1.29 is 4.79 Å². The molecule has 19 heavy (non-hydrogen) atoms. The minimum Gasteiger partial charge on any atom is -0.336 e. The van der Waals surface area contributed by atoms with Crippen LogP contribution in [0.3, 0.4) is 0 Å². The first-order chi connectivity index (χ1) is 8.75. The Bertz CT molecular complexity index is 333. The monoisotopic (exact) mass is 265 g/mol. The first kappa shape index (κ1) is 17.9. The fourth-order valence-electron chi connectivity index (χ4n) is 1.83. The molecule has 0 radical (unpaired) electrons. The summed E-state index contributed by atoms with van der Waals surface area (Å²) in [5, 5.41) is 0. The highest BCUT2D eigenvalue weighted by Gasteiger charge is 2.18. The fraction of sp³-hybridized carbons (Fsp3) is 0.706. The largest absolute Gasteiger partial charge is 0.336 e. The van der Waals surface area contributed by atoms with Gasteiger partial charge in [0.25, 0.3) is 0 Å². The molecule has 0 saturated carbocycles. The second-order valence-corrected chi connectivity index (χ2v) is 6.11. The summed E-state index contributed by atoms with van der Waals surface area (Å²) in [6.45, 7) is 15.2. The Morgan fingerprint density at radius 2 is 1.63 bits per heavy atom. The lowest BCUT2D eigenvalue weighted by Gasteiger charge is -2.27. The summed E-state index contributed by atoms with van der Waals surface area (Å²) < 4.78 is 0. The van der Waals surface area contributed by atoms with E-state index in [4.69, 9.17) is 0 Å². The molecule has 0 spiro atoms. The molecule has 0 aromatic rings. The van der Waals surface area contributed by atoms with E-state index in [1.807, 2.05) is 18.7 Å². The Kier molecular flexibility index (Phi) is 8.46. The lowest BCUT2D eigenvalue weighted by molar-refractivity contribution is -0.135. The number of allylic oxidation sites excluding steroid dienone is 3. The first-order valence-corrected chi connectivity index (χ1v) is 7.35. The van der Waals surface area contributed by atoms with Gasteiger partial charge >= 0.3 is 0 Å². The highest BCUT2D eigenvalue weighted by molar-refractivity contribution is 5.78. The second-order valence-electron chi connectivity index (χ2n) is 6.11. The van der Waals surface area contributed by atoms with E-state index in [1.54, 1.807) is 0 Å². The molecule has 0 atom stereocenters. The van der Waals surface area contributed by atoms with Gasteiger partial charge in [-0.1, -0.05) is 37.1 Å². The van der Waals surface area contributed by atoms with Crippen LogP contribution < -0.4 is 0 Å². The Morgan fingerprint density at radius 3 is 2.05 bits per heavy atom. The van der Waals surface area contributed by atoms with Crippen molar-refractivity contribution in [3.63, 3.8) is 0 Å². The molecule has 0 aliphatic heterocycles. The predicted octanol–water partition coefficient (Wildman–Crippen LogP) is 4.57. The zero-order valence-corrected chi connectivity index (χ0v) is 13.8. The molecule has 0 aliphatic rings. The van der Waals surface area contributed by atoms with Crippen LogP contribution in [0.5, 0.6) is 0 Å². The standard InChI is InChI=1S/C17H31NO/c1-13(2)9-8-10-16(7)11-12-18(15(5)6)17(19)14(3)4/h9,11,14-15H,8,10,12H2,1-7H3/b16-11+. The molecular weight excluding hydrogens is 234 g/mol. The molecule has 0 N–H and O–H groups in total. The average Bonchev–Trinajstić information content (AvgIpc) is 2.27. The van der Waals surface area contributed by atoms with Crippen molar-refractivity contribution in [2.24, 2.45) is 5.92 Å². The summed E-state index contributed by atoms with van der Waals surface area (Å²) >= 11 is 0. The molecule has 110 valence electrons. The van der Waals surface area contributed by atoms with Gasteiger partial charge in [0.15, 0.2) is 0 Å². The lowest BCUT2D eigenvalue weighted by atomic mass is 10.1. The van der Waals surface area contributed by atoms with Gasteiger partial charge in [-0.25, -0.2) is 0 Å². The van der Waals surface area contributed by atoms with E-state index < -0.39 is 0 Å². The van der Waals surface area contributed by atoms with Gasteiger partial charge in [0.05, 0.1) is 0 Å². The van der Waals surface area contributed by atoms with Crippen LogP contribution in [-0.2, 0) is 4.79 Å². The van der Waals surface area contributed by atoms with Crippen LogP contribution in [0.15, 0.2) is 23.3 Å². The normalized spacial score (nSPS) is 11.9. The maximum Gasteiger partial charge on any atom is 0.225 e. The van der Waals surface area contributed by atoms with E-state index in [0.717, 1.165) is 19.4 Å². The topological polar surface area (TPSA) is 20.3 Å². The van der Waals surface area contributed by atoms with Crippen LogP contribution in [0.4, 0.5) is 0 Å². The quantitative estimate of drug-likeness (QED) is 0.617. The summed E-state index contributed by atoms with van der Waals surface area (Å²) in [5.74, 6) is 0.310. The zero-order valence-electron chi connectivity index (χ0n) is 13.8. The molecule has 0 aromatic carbocycles.